The molecule has 0 aliphatic carbocycles. The molecule has 1 fully saturated rings. The molecule has 0 spiro atoms. The summed E-state index contributed by atoms with van der Waals surface area (Å²) in [6, 6.07) is 11.1. The van der Waals surface area contributed by atoms with Gasteiger partial charge in [0.15, 0.2) is 26.5 Å². The van der Waals surface area contributed by atoms with E-state index in [-0.39, 0.29) is 4.90 Å². The Morgan fingerprint density at radius 3 is 2.28 bits per heavy atom. The molecule has 0 bridgehead atoms. The maximum absolute atomic E-state index is 13.2. The molecule has 1 aliphatic rings. The minimum absolute atomic E-state index is 0.278. The summed E-state index contributed by atoms with van der Waals surface area (Å²) in [5.41, 5.74) is 4.59. The Morgan fingerprint density at radius 2 is 1.66 bits per heavy atom. The SMILES string of the molecule is COc1ccc(S(=O)(=O)C2CCN(c3nc(-c4c(C)cccc4C)cs3)CC2)cc1OC. The maximum atomic E-state index is 13.2. The first-order valence-corrected chi connectivity index (χ1v) is 13.0. The molecule has 0 radical (unpaired) electrons. The Labute approximate surface area is 193 Å². The van der Waals surface area contributed by atoms with E-state index in [1.807, 2.05) is 0 Å². The van der Waals surface area contributed by atoms with Crippen molar-refractivity contribution in [1.82, 2.24) is 4.98 Å². The average Bonchev–Trinajstić information content (AvgIpc) is 3.28. The van der Waals surface area contributed by atoms with Crippen LogP contribution < -0.4 is 14.4 Å². The summed E-state index contributed by atoms with van der Waals surface area (Å²) in [5, 5.41) is 2.62. The van der Waals surface area contributed by atoms with Crippen LogP contribution in [0.15, 0.2) is 46.7 Å². The smallest absolute Gasteiger partial charge is 0.185 e. The second kappa shape index (κ2) is 9.11. The lowest BCUT2D eigenvalue weighted by atomic mass is 10.0. The van der Waals surface area contributed by atoms with Crippen molar-refractivity contribution < 1.29 is 17.9 Å². The Balaban J connectivity index is 1.48. The third-order valence-electron chi connectivity index (χ3n) is 6.06. The van der Waals surface area contributed by atoms with E-state index >= 15 is 0 Å². The van der Waals surface area contributed by atoms with Crippen molar-refractivity contribution >= 4 is 26.3 Å². The molecule has 1 aliphatic heterocycles. The summed E-state index contributed by atoms with van der Waals surface area (Å²) >= 11 is 1.62. The van der Waals surface area contributed by atoms with Crippen molar-refractivity contribution in [3.63, 3.8) is 0 Å². The number of methoxy groups -OCH3 is 2. The Morgan fingerprint density at radius 1 is 1.00 bits per heavy atom. The molecule has 1 saturated heterocycles. The number of hydrogen-bond acceptors (Lipinski definition) is 7. The molecule has 2 aromatic carbocycles. The second-order valence-corrected chi connectivity index (χ2v) is 11.1. The largest absolute Gasteiger partial charge is 0.493 e. The summed E-state index contributed by atoms with van der Waals surface area (Å²) in [5.74, 6) is 0.942. The van der Waals surface area contributed by atoms with E-state index in [1.54, 1.807) is 29.5 Å². The summed E-state index contributed by atoms with van der Waals surface area (Å²) < 4.78 is 37.0. The van der Waals surface area contributed by atoms with Gasteiger partial charge in [0, 0.05) is 30.1 Å². The van der Waals surface area contributed by atoms with Crippen LogP contribution in [0.1, 0.15) is 24.0 Å². The molecule has 0 amide bonds. The van der Waals surface area contributed by atoms with Gasteiger partial charge in [-0.3, -0.25) is 0 Å². The van der Waals surface area contributed by atoms with Gasteiger partial charge in [-0.2, -0.15) is 0 Å². The van der Waals surface area contributed by atoms with Crippen LogP contribution in [-0.2, 0) is 9.84 Å². The number of rotatable bonds is 6. The van der Waals surface area contributed by atoms with Crippen LogP contribution >= 0.6 is 11.3 Å². The molecule has 2 heterocycles. The molecular formula is C24H28N2O4S2. The third kappa shape index (κ3) is 4.21. The van der Waals surface area contributed by atoms with Crippen molar-refractivity contribution in [2.75, 3.05) is 32.2 Å². The van der Waals surface area contributed by atoms with Gasteiger partial charge in [-0.15, -0.1) is 11.3 Å². The molecule has 6 nitrogen and oxygen atoms in total. The van der Waals surface area contributed by atoms with Gasteiger partial charge in [0.2, 0.25) is 0 Å². The highest BCUT2D eigenvalue weighted by Crippen LogP contribution is 2.35. The number of sulfone groups is 1. The third-order valence-corrected chi connectivity index (χ3v) is 9.23. The molecule has 1 aromatic heterocycles. The van der Waals surface area contributed by atoms with E-state index < -0.39 is 15.1 Å². The highest BCUT2D eigenvalue weighted by Gasteiger charge is 2.32. The molecule has 0 saturated carbocycles. The number of piperidine rings is 1. The molecule has 170 valence electrons. The first-order valence-electron chi connectivity index (χ1n) is 10.6. The van der Waals surface area contributed by atoms with Crippen molar-refractivity contribution in [3.8, 4) is 22.8 Å². The zero-order valence-corrected chi connectivity index (χ0v) is 20.4. The maximum Gasteiger partial charge on any atom is 0.185 e. The van der Waals surface area contributed by atoms with Crippen molar-refractivity contribution in [3.05, 3.63) is 52.9 Å². The zero-order chi connectivity index (χ0) is 22.9. The lowest BCUT2D eigenvalue weighted by Crippen LogP contribution is -2.39. The number of hydrogen-bond donors (Lipinski definition) is 0. The molecule has 8 heteroatoms. The van der Waals surface area contributed by atoms with Crippen LogP contribution in [0.4, 0.5) is 5.13 Å². The highest BCUT2D eigenvalue weighted by molar-refractivity contribution is 7.92. The number of benzene rings is 2. The number of anilines is 1. The first-order chi connectivity index (χ1) is 15.3. The lowest BCUT2D eigenvalue weighted by molar-refractivity contribution is 0.354. The quantitative estimate of drug-likeness (QED) is 0.509. The van der Waals surface area contributed by atoms with E-state index in [1.165, 1.54) is 30.9 Å². The van der Waals surface area contributed by atoms with Gasteiger partial charge in [0.1, 0.15) is 0 Å². The van der Waals surface area contributed by atoms with Gasteiger partial charge in [-0.05, 0) is 49.9 Å². The van der Waals surface area contributed by atoms with Gasteiger partial charge in [-0.25, -0.2) is 13.4 Å². The van der Waals surface area contributed by atoms with E-state index in [2.05, 4.69) is 42.3 Å². The monoisotopic (exact) mass is 472 g/mol. The standard InChI is InChI=1S/C24H28N2O4S2/c1-16-6-5-7-17(2)23(16)20-15-31-24(25-20)26-12-10-18(11-13-26)32(27,28)19-8-9-21(29-3)22(14-19)30-4/h5-9,14-15,18H,10-13H2,1-4H3. The van der Waals surface area contributed by atoms with Gasteiger partial charge in [-0.1, -0.05) is 18.2 Å². The number of aryl methyl sites for hydroxylation is 2. The average molecular weight is 473 g/mol. The van der Waals surface area contributed by atoms with Crippen LogP contribution in [0.5, 0.6) is 11.5 Å². The van der Waals surface area contributed by atoms with E-state index in [9.17, 15) is 8.42 Å². The summed E-state index contributed by atoms with van der Waals surface area (Å²) in [6.45, 7) is 5.53. The molecule has 4 rings (SSSR count). The first kappa shape index (κ1) is 22.6. The van der Waals surface area contributed by atoms with Gasteiger partial charge in [0.25, 0.3) is 0 Å². The predicted molar refractivity (Wildman–Crippen MR) is 129 cm³/mol. The lowest BCUT2D eigenvalue weighted by Gasteiger charge is -2.31. The number of aromatic nitrogens is 1. The van der Waals surface area contributed by atoms with Gasteiger partial charge >= 0.3 is 0 Å². The van der Waals surface area contributed by atoms with E-state index in [0.29, 0.717) is 37.4 Å². The Hall–Kier alpha value is -2.58. The molecular weight excluding hydrogens is 444 g/mol. The predicted octanol–water partition coefficient (Wildman–Crippen LogP) is 4.89. The Bertz CT molecular complexity index is 1190. The molecule has 32 heavy (non-hydrogen) atoms. The van der Waals surface area contributed by atoms with Crippen LogP contribution in [0, 0.1) is 13.8 Å². The van der Waals surface area contributed by atoms with E-state index in [0.717, 1.165) is 10.8 Å². The van der Waals surface area contributed by atoms with E-state index in [4.69, 9.17) is 14.5 Å². The van der Waals surface area contributed by atoms with Crippen LogP contribution in [0.25, 0.3) is 11.3 Å². The van der Waals surface area contributed by atoms with Crippen molar-refractivity contribution in [2.24, 2.45) is 0 Å². The molecule has 0 unspecified atom stereocenters. The molecule has 3 aromatic rings. The fraction of sp³-hybridized carbons (Fsp3) is 0.375. The van der Waals surface area contributed by atoms with Crippen molar-refractivity contribution in [2.45, 2.75) is 36.8 Å². The zero-order valence-electron chi connectivity index (χ0n) is 18.8. The number of nitrogens with zero attached hydrogens (tertiary/aromatic N) is 2. The van der Waals surface area contributed by atoms with Crippen LogP contribution in [-0.4, -0.2) is 46.0 Å². The van der Waals surface area contributed by atoms with Gasteiger partial charge in [0.05, 0.1) is 30.1 Å². The second-order valence-electron chi connectivity index (χ2n) is 8.03. The van der Waals surface area contributed by atoms with Gasteiger partial charge < -0.3 is 14.4 Å². The minimum Gasteiger partial charge on any atom is -0.493 e. The highest BCUT2D eigenvalue weighted by atomic mass is 32.2. The van der Waals surface area contributed by atoms with Crippen LogP contribution in [0.3, 0.4) is 0 Å². The van der Waals surface area contributed by atoms with Crippen molar-refractivity contribution in [1.29, 1.82) is 0 Å². The summed E-state index contributed by atoms with van der Waals surface area (Å²) in [4.78, 5) is 7.35. The molecule has 0 atom stereocenters. The number of ether oxygens (including phenoxy) is 2. The minimum atomic E-state index is -3.45. The topological polar surface area (TPSA) is 68.7 Å². The summed E-state index contributed by atoms with van der Waals surface area (Å²) in [6.07, 6.45) is 1.13. The fourth-order valence-electron chi connectivity index (χ4n) is 4.29. The number of thiazole rings is 1. The fourth-order valence-corrected chi connectivity index (χ4v) is 6.90. The normalized spacial score (nSPS) is 15.1. The van der Waals surface area contributed by atoms with Crippen LogP contribution in [0.2, 0.25) is 0 Å². The molecule has 0 N–H and O–H groups in total. The summed E-state index contributed by atoms with van der Waals surface area (Å²) in [7, 11) is -0.412. The Kier molecular flexibility index (Phi) is 6.44.